The zero-order chi connectivity index (χ0) is 17.6. The Morgan fingerprint density at radius 1 is 1.44 bits per heavy atom. The van der Waals surface area contributed by atoms with Gasteiger partial charge in [-0.3, -0.25) is 9.48 Å². The molecule has 0 radical (unpaired) electrons. The molecule has 25 heavy (non-hydrogen) atoms. The largest absolute Gasteiger partial charge is 0.461 e. The summed E-state index contributed by atoms with van der Waals surface area (Å²) >= 11 is 0. The van der Waals surface area contributed by atoms with Crippen LogP contribution in [0.5, 0.6) is 0 Å². The van der Waals surface area contributed by atoms with E-state index in [4.69, 9.17) is 4.42 Å². The van der Waals surface area contributed by atoms with E-state index < -0.39 is 0 Å². The Morgan fingerprint density at radius 3 is 2.92 bits per heavy atom. The second-order valence-electron chi connectivity index (χ2n) is 6.86. The highest BCUT2D eigenvalue weighted by Gasteiger charge is 2.36. The number of amides is 1. The van der Waals surface area contributed by atoms with Crippen molar-refractivity contribution in [3.8, 4) is 0 Å². The van der Waals surface area contributed by atoms with Gasteiger partial charge in [-0.15, -0.1) is 0 Å². The molecule has 0 unspecified atom stereocenters. The number of hydrogen-bond acceptors (Lipinski definition) is 4. The average Bonchev–Trinajstić information content (AvgIpc) is 3.13. The molecule has 1 aliphatic rings. The second-order valence-corrected chi connectivity index (χ2v) is 6.86. The highest BCUT2D eigenvalue weighted by molar-refractivity contribution is 6.05. The molecule has 2 aromatic heterocycles. The zero-order valence-corrected chi connectivity index (χ0v) is 14.3. The fourth-order valence-corrected chi connectivity index (χ4v) is 3.57. The van der Waals surface area contributed by atoms with Crippen LogP contribution >= 0.6 is 0 Å². The van der Waals surface area contributed by atoms with E-state index in [1.807, 2.05) is 38.4 Å². The molecule has 6 heteroatoms. The molecule has 130 valence electrons. The number of benzene rings is 1. The number of fused-ring (bicyclic) bond motifs is 1. The van der Waals surface area contributed by atoms with Crippen molar-refractivity contribution in [2.45, 2.75) is 31.9 Å². The number of aromatic nitrogens is 2. The Morgan fingerprint density at radius 2 is 2.24 bits per heavy atom. The van der Waals surface area contributed by atoms with Gasteiger partial charge in [0, 0.05) is 24.2 Å². The minimum Gasteiger partial charge on any atom is -0.461 e. The number of aliphatic hydroxyl groups excluding tert-OH is 1. The van der Waals surface area contributed by atoms with Crippen molar-refractivity contribution in [3.63, 3.8) is 0 Å². The summed E-state index contributed by atoms with van der Waals surface area (Å²) in [6, 6.07) is 7.32. The van der Waals surface area contributed by atoms with Crippen LogP contribution in [0.15, 0.2) is 41.1 Å². The number of nitrogens with zero attached hydrogens (tertiary/aromatic N) is 2. The topological polar surface area (TPSA) is 80.3 Å². The molecule has 0 aliphatic heterocycles. The summed E-state index contributed by atoms with van der Waals surface area (Å²) in [5.41, 5.74) is 2.09. The van der Waals surface area contributed by atoms with Crippen molar-refractivity contribution in [2.24, 2.45) is 13.0 Å². The van der Waals surface area contributed by atoms with E-state index in [0.29, 0.717) is 24.0 Å². The number of carbonyl (C=O) groups is 1. The molecule has 0 spiro atoms. The number of para-hydroxylation sites is 1. The molecule has 1 saturated carbocycles. The first kappa shape index (κ1) is 15.9. The standard InChI is InChI=1S/C19H21N3O3/c1-11-6-12-4-3-5-16(18(12)25-11)19(24)21-17(13-7-15(23)8-13)14-9-20-22(2)10-14/h3-6,9-10,13,15,17,23H,7-8H2,1-2H3,(H,21,24)/t13?,15?,17-/m1/s1. The maximum Gasteiger partial charge on any atom is 0.255 e. The van der Waals surface area contributed by atoms with Gasteiger partial charge in [0.15, 0.2) is 0 Å². The Balaban J connectivity index is 1.63. The minimum absolute atomic E-state index is 0.170. The molecular formula is C19H21N3O3. The number of aryl methyl sites for hydroxylation is 2. The minimum atomic E-state index is -0.280. The van der Waals surface area contributed by atoms with Crippen LogP contribution in [0, 0.1) is 12.8 Å². The average molecular weight is 339 g/mol. The van der Waals surface area contributed by atoms with Crippen LogP contribution in [0.25, 0.3) is 11.0 Å². The highest BCUT2D eigenvalue weighted by atomic mass is 16.3. The monoisotopic (exact) mass is 339 g/mol. The predicted molar refractivity (Wildman–Crippen MR) is 93.1 cm³/mol. The molecule has 0 bridgehead atoms. The Labute approximate surface area is 145 Å². The zero-order valence-electron chi connectivity index (χ0n) is 14.3. The van der Waals surface area contributed by atoms with E-state index in [1.54, 1.807) is 16.9 Å². The smallest absolute Gasteiger partial charge is 0.255 e. The first-order chi connectivity index (χ1) is 12.0. The molecule has 4 rings (SSSR count). The third kappa shape index (κ3) is 2.93. The number of hydrogen-bond donors (Lipinski definition) is 2. The van der Waals surface area contributed by atoms with Crippen LogP contribution in [0.3, 0.4) is 0 Å². The number of rotatable bonds is 4. The summed E-state index contributed by atoms with van der Waals surface area (Å²) in [7, 11) is 1.85. The van der Waals surface area contributed by atoms with Crippen LogP contribution in [0.1, 0.15) is 40.6 Å². The Bertz CT molecular complexity index is 921. The van der Waals surface area contributed by atoms with Crippen LogP contribution in [0.2, 0.25) is 0 Å². The lowest BCUT2D eigenvalue weighted by molar-refractivity contribution is 0.0235. The first-order valence-electron chi connectivity index (χ1n) is 8.48. The first-order valence-corrected chi connectivity index (χ1v) is 8.48. The molecule has 2 N–H and O–H groups in total. The normalized spacial score (nSPS) is 21.1. The number of nitrogens with one attached hydrogen (secondary N) is 1. The Hall–Kier alpha value is -2.60. The lowest BCUT2D eigenvalue weighted by Gasteiger charge is -2.37. The summed E-state index contributed by atoms with van der Waals surface area (Å²) < 4.78 is 7.43. The molecule has 3 aromatic rings. The lowest BCUT2D eigenvalue weighted by Crippen LogP contribution is -2.41. The second kappa shape index (κ2) is 6.04. The fraction of sp³-hybridized carbons (Fsp3) is 0.368. The van der Waals surface area contributed by atoms with E-state index in [-0.39, 0.29) is 24.0 Å². The van der Waals surface area contributed by atoms with E-state index in [9.17, 15) is 9.90 Å². The predicted octanol–water partition coefficient (Wildman–Crippen LogP) is 2.72. The van der Waals surface area contributed by atoms with Crippen molar-refractivity contribution in [2.75, 3.05) is 0 Å². The van der Waals surface area contributed by atoms with Gasteiger partial charge >= 0.3 is 0 Å². The number of aliphatic hydroxyl groups is 1. The summed E-state index contributed by atoms with van der Waals surface area (Å²) in [4.78, 5) is 12.9. The van der Waals surface area contributed by atoms with Gasteiger partial charge in [0.05, 0.1) is 23.9 Å². The van der Waals surface area contributed by atoms with Gasteiger partial charge in [-0.25, -0.2) is 0 Å². The third-order valence-corrected chi connectivity index (χ3v) is 4.90. The third-order valence-electron chi connectivity index (χ3n) is 4.90. The molecule has 1 amide bonds. The van der Waals surface area contributed by atoms with Gasteiger partial charge in [-0.2, -0.15) is 5.10 Å². The fourth-order valence-electron chi connectivity index (χ4n) is 3.57. The van der Waals surface area contributed by atoms with Gasteiger partial charge in [0.25, 0.3) is 5.91 Å². The van der Waals surface area contributed by atoms with Crippen molar-refractivity contribution in [1.82, 2.24) is 15.1 Å². The van der Waals surface area contributed by atoms with Crippen LogP contribution in [0.4, 0.5) is 0 Å². The summed E-state index contributed by atoms with van der Waals surface area (Å²) in [6.07, 6.45) is 4.77. The Kier molecular flexibility index (Phi) is 3.84. The van der Waals surface area contributed by atoms with Gasteiger partial charge in [0.1, 0.15) is 11.3 Å². The molecule has 1 aromatic carbocycles. The molecule has 1 atom stereocenters. The maximum atomic E-state index is 12.9. The van der Waals surface area contributed by atoms with Crippen molar-refractivity contribution in [1.29, 1.82) is 0 Å². The van der Waals surface area contributed by atoms with Gasteiger partial charge in [-0.1, -0.05) is 12.1 Å². The van der Waals surface area contributed by atoms with Crippen LogP contribution in [-0.4, -0.2) is 26.9 Å². The SMILES string of the molecule is Cc1cc2cccc(C(=O)N[C@@H](c3cnn(C)c3)C3CC(O)C3)c2o1. The summed E-state index contributed by atoms with van der Waals surface area (Å²) in [5.74, 6) is 0.817. The lowest BCUT2D eigenvalue weighted by atomic mass is 9.75. The van der Waals surface area contributed by atoms with E-state index in [0.717, 1.165) is 16.7 Å². The highest BCUT2D eigenvalue weighted by Crippen LogP contribution is 2.38. The summed E-state index contributed by atoms with van der Waals surface area (Å²) in [6.45, 7) is 1.87. The number of carbonyl (C=O) groups excluding carboxylic acids is 1. The number of furan rings is 1. The van der Waals surface area contributed by atoms with Gasteiger partial charge in [0.2, 0.25) is 0 Å². The molecule has 1 fully saturated rings. The molecule has 6 nitrogen and oxygen atoms in total. The molecule has 0 saturated heterocycles. The summed E-state index contributed by atoms with van der Waals surface area (Å²) in [5, 5.41) is 17.9. The van der Waals surface area contributed by atoms with Crippen LogP contribution < -0.4 is 5.32 Å². The van der Waals surface area contributed by atoms with Gasteiger partial charge in [-0.05, 0) is 37.8 Å². The maximum absolute atomic E-state index is 12.9. The quantitative estimate of drug-likeness (QED) is 0.766. The molecule has 1 aliphatic carbocycles. The van der Waals surface area contributed by atoms with Crippen molar-refractivity contribution < 1.29 is 14.3 Å². The van der Waals surface area contributed by atoms with E-state index in [1.165, 1.54) is 0 Å². The van der Waals surface area contributed by atoms with E-state index >= 15 is 0 Å². The molecule has 2 heterocycles. The molecular weight excluding hydrogens is 318 g/mol. The van der Waals surface area contributed by atoms with E-state index in [2.05, 4.69) is 10.4 Å². The van der Waals surface area contributed by atoms with Crippen molar-refractivity contribution in [3.05, 3.63) is 53.5 Å². The van der Waals surface area contributed by atoms with Gasteiger partial charge < -0.3 is 14.8 Å². The van der Waals surface area contributed by atoms with Crippen molar-refractivity contribution >= 4 is 16.9 Å². The van der Waals surface area contributed by atoms with Crippen LogP contribution in [-0.2, 0) is 7.05 Å².